The fraction of sp³-hybridized carbons (Fsp3) is 0.429. The lowest BCUT2D eigenvalue weighted by atomic mass is 9.79. The Morgan fingerprint density at radius 1 is 1.18 bits per heavy atom. The number of carbonyl (C=O) groups excluding carboxylic acids is 2. The largest absolute Gasteiger partial charge is 0.385 e. The van der Waals surface area contributed by atoms with Gasteiger partial charge in [0.05, 0.1) is 5.60 Å². The Bertz CT molecular complexity index is 435. The van der Waals surface area contributed by atoms with Crippen molar-refractivity contribution in [1.82, 2.24) is 0 Å². The molecule has 1 aliphatic carbocycles. The van der Waals surface area contributed by atoms with Crippen molar-refractivity contribution in [3.8, 4) is 0 Å². The van der Waals surface area contributed by atoms with Gasteiger partial charge in [-0.1, -0.05) is 24.3 Å². The van der Waals surface area contributed by atoms with E-state index >= 15 is 0 Å². The lowest BCUT2D eigenvalue weighted by Crippen LogP contribution is -2.31. The first kappa shape index (κ1) is 12.0. The minimum Gasteiger partial charge on any atom is -0.385 e. The number of aliphatic hydroxyl groups is 1. The summed E-state index contributed by atoms with van der Waals surface area (Å²) in [7, 11) is 0. The van der Waals surface area contributed by atoms with Crippen molar-refractivity contribution in [2.24, 2.45) is 0 Å². The fourth-order valence-electron chi connectivity index (χ4n) is 2.25. The highest BCUT2D eigenvalue weighted by atomic mass is 16.3. The maximum absolute atomic E-state index is 11.2. The van der Waals surface area contributed by atoms with Crippen LogP contribution in [0.4, 0.5) is 0 Å². The van der Waals surface area contributed by atoms with Crippen LogP contribution in [0.2, 0.25) is 0 Å². The van der Waals surface area contributed by atoms with E-state index in [0.717, 1.165) is 5.56 Å². The Morgan fingerprint density at radius 3 is 2.18 bits per heavy atom. The third kappa shape index (κ3) is 2.44. The predicted octanol–water partition coefficient (Wildman–Crippen LogP) is 2.22. The van der Waals surface area contributed by atoms with Gasteiger partial charge in [0.2, 0.25) is 0 Å². The van der Waals surface area contributed by atoms with Gasteiger partial charge in [-0.3, -0.25) is 9.59 Å². The molecule has 0 aliphatic heterocycles. The van der Waals surface area contributed by atoms with Gasteiger partial charge in [-0.15, -0.1) is 0 Å². The molecule has 1 aliphatic rings. The zero-order valence-corrected chi connectivity index (χ0v) is 9.90. The highest BCUT2D eigenvalue weighted by Crippen LogP contribution is 2.35. The van der Waals surface area contributed by atoms with E-state index in [1.165, 1.54) is 6.92 Å². The molecule has 0 amide bonds. The van der Waals surface area contributed by atoms with Crippen LogP contribution in [0.25, 0.3) is 0 Å². The molecule has 90 valence electrons. The Hall–Kier alpha value is -1.48. The van der Waals surface area contributed by atoms with Gasteiger partial charge in [0.25, 0.3) is 0 Å². The second-order valence-corrected chi connectivity index (χ2v) is 4.70. The van der Waals surface area contributed by atoms with Crippen molar-refractivity contribution in [3.05, 3.63) is 35.4 Å². The van der Waals surface area contributed by atoms with Gasteiger partial charge in [0.15, 0.2) is 5.78 Å². The van der Waals surface area contributed by atoms with Crippen molar-refractivity contribution in [2.75, 3.05) is 0 Å². The minimum atomic E-state index is -0.900. The monoisotopic (exact) mass is 232 g/mol. The van der Waals surface area contributed by atoms with Gasteiger partial charge in [-0.05, 0) is 25.3 Å². The van der Waals surface area contributed by atoms with Gasteiger partial charge < -0.3 is 5.11 Å². The Morgan fingerprint density at radius 2 is 1.71 bits per heavy atom. The standard InChI is InChI=1S/C14H16O3/c1-10(15)11-2-4-12(5-3-11)14(17)8-6-13(16)7-9-14/h2-5,17H,6-9H2,1H3. The third-order valence-corrected chi connectivity index (χ3v) is 3.46. The quantitative estimate of drug-likeness (QED) is 0.795. The van der Waals surface area contributed by atoms with E-state index in [9.17, 15) is 14.7 Å². The van der Waals surface area contributed by atoms with Crippen LogP contribution in [-0.4, -0.2) is 16.7 Å². The van der Waals surface area contributed by atoms with Crippen molar-refractivity contribution < 1.29 is 14.7 Å². The van der Waals surface area contributed by atoms with Gasteiger partial charge in [0, 0.05) is 18.4 Å². The van der Waals surface area contributed by atoms with Crippen LogP contribution in [0, 0.1) is 0 Å². The molecule has 3 heteroatoms. The van der Waals surface area contributed by atoms with Crippen LogP contribution in [0.5, 0.6) is 0 Å². The van der Waals surface area contributed by atoms with Gasteiger partial charge in [-0.2, -0.15) is 0 Å². The molecule has 0 atom stereocenters. The first-order chi connectivity index (χ1) is 8.01. The van der Waals surface area contributed by atoms with E-state index in [4.69, 9.17) is 0 Å². The molecule has 1 aromatic carbocycles. The molecular weight excluding hydrogens is 216 g/mol. The van der Waals surface area contributed by atoms with Crippen molar-refractivity contribution in [1.29, 1.82) is 0 Å². The Kier molecular flexibility index (Phi) is 3.11. The summed E-state index contributed by atoms with van der Waals surface area (Å²) in [5, 5.41) is 10.5. The molecule has 0 saturated heterocycles. The Balaban J connectivity index is 2.22. The SMILES string of the molecule is CC(=O)c1ccc(C2(O)CCC(=O)CC2)cc1. The summed E-state index contributed by atoms with van der Waals surface area (Å²) in [4.78, 5) is 22.3. The van der Waals surface area contributed by atoms with Crippen molar-refractivity contribution in [3.63, 3.8) is 0 Å². The first-order valence-corrected chi connectivity index (χ1v) is 5.87. The number of benzene rings is 1. The Labute approximate surface area is 100 Å². The molecule has 0 heterocycles. The number of ketones is 2. The first-order valence-electron chi connectivity index (χ1n) is 5.87. The van der Waals surface area contributed by atoms with Crippen LogP contribution in [0.1, 0.15) is 48.5 Å². The molecule has 1 aromatic rings. The topological polar surface area (TPSA) is 54.4 Å². The van der Waals surface area contributed by atoms with E-state index < -0.39 is 5.60 Å². The lowest BCUT2D eigenvalue weighted by molar-refractivity contribution is -0.125. The molecule has 0 radical (unpaired) electrons. The second kappa shape index (κ2) is 4.41. The summed E-state index contributed by atoms with van der Waals surface area (Å²) < 4.78 is 0. The average Bonchev–Trinajstić information content (AvgIpc) is 2.33. The molecule has 0 aromatic heterocycles. The average molecular weight is 232 g/mol. The molecule has 1 N–H and O–H groups in total. The van der Waals surface area contributed by atoms with E-state index in [2.05, 4.69) is 0 Å². The van der Waals surface area contributed by atoms with Gasteiger partial charge in [0.1, 0.15) is 5.78 Å². The molecule has 1 fully saturated rings. The summed E-state index contributed by atoms with van der Waals surface area (Å²) in [5.74, 6) is 0.234. The summed E-state index contributed by atoms with van der Waals surface area (Å²) in [6.45, 7) is 1.52. The van der Waals surface area contributed by atoms with E-state index in [1.54, 1.807) is 24.3 Å². The summed E-state index contributed by atoms with van der Waals surface area (Å²) >= 11 is 0. The molecular formula is C14H16O3. The van der Waals surface area contributed by atoms with Crippen molar-refractivity contribution in [2.45, 2.75) is 38.2 Å². The fourth-order valence-corrected chi connectivity index (χ4v) is 2.25. The summed E-state index contributed by atoms with van der Waals surface area (Å²) in [5.41, 5.74) is 0.544. The zero-order chi connectivity index (χ0) is 12.5. The van der Waals surface area contributed by atoms with E-state index in [-0.39, 0.29) is 11.6 Å². The highest BCUT2D eigenvalue weighted by molar-refractivity contribution is 5.94. The molecule has 17 heavy (non-hydrogen) atoms. The van der Waals surface area contributed by atoms with Crippen molar-refractivity contribution >= 4 is 11.6 Å². The van der Waals surface area contributed by atoms with Gasteiger partial charge in [-0.25, -0.2) is 0 Å². The zero-order valence-electron chi connectivity index (χ0n) is 9.90. The highest BCUT2D eigenvalue weighted by Gasteiger charge is 2.33. The molecule has 3 nitrogen and oxygen atoms in total. The molecule has 1 saturated carbocycles. The van der Waals surface area contributed by atoms with Crippen LogP contribution in [-0.2, 0) is 10.4 Å². The van der Waals surface area contributed by atoms with Crippen LogP contribution < -0.4 is 0 Å². The number of hydrogen-bond donors (Lipinski definition) is 1. The number of carbonyl (C=O) groups is 2. The second-order valence-electron chi connectivity index (χ2n) is 4.70. The van der Waals surface area contributed by atoms with E-state index in [0.29, 0.717) is 31.2 Å². The third-order valence-electron chi connectivity index (χ3n) is 3.46. The van der Waals surface area contributed by atoms with E-state index in [1.807, 2.05) is 0 Å². The summed E-state index contributed by atoms with van der Waals surface area (Å²) in [6, 6.07) is 7.02. The normalized spacial score (nSPS) is 19.1. The van der Waals surface area contributed by atoms with Gasteiger partial charge >= 0.3 is 0 Å². The number of Topliss-reactive ketones (excluding diaryl/α,β-unsaturated/α-hetero) is 2. The molecule has 2 rings (SSSR count). The maximum atomic E-state index is 11.2. The molecule has 0 spiro atoms. The predicted molar refractivity (Wildman–Crippen MR) is 63.8 cm³/mol. The lowest BCUT2D eigenvalue weighted by Gasteiger charge is -2.32. The van der Waals surface area contributed by atoms with Crippen LogP contribution in [0.3, 0.4) is 0 Å². The number of rotatable bonds is 2. The number of hydrogen-bond acceptors (Lipinski definition) is 3. The smallest absolute Gasteiger partial charge is 0.159 e. The maximum Gasteiger partial charge on any atom is 0.159 e. The summed E-state index contributed by atoms with van der Waals surface area (Å²) in [6.07, 6.45) is 1.83. The minimum absolute atomic E-state index is 0.0161. The van der Waals surface area contributed by atoms with Crippen LogP contribution >= 0.6 is 0 Å². The van der Waals surface area contributed by atoms with Crippen LogP contribution in [0.15, 0.2) is 24.3 Å². The molecule has 0 bridgehead atoms. The molecule has 0 unspecified atom stereocenters.